The number of aryl methyl sites for hydroxylation is 1. The van der Waals surface area contributed by atoms with Gasteiger partial charge in [0.1, 0.15) is 5.75 Å². The molecule has 0 aliphatic heterocycles. The Hall–Kier alpha value is -1.55. The summed E-state index contributed by atoms with van der Waals surface area (Å²) >= 11 is 5.81. The van der Waals surface area contributed by atoms with E-state index in [0.29, 0.717) is 10.6 Å². The number of hydrogen-bond donors (Lipinski definition) is 2. The minimum Gasteiger partial charge on any atom is -0.507 e. The lowest BCUT2D eigenvalue weighted by Gasteiger charge is -2.05. The van der Waals surface area contributed by atoms with Gasteiger partial charge in [0.2, 0.25) is 0 Å². The number of aliphatic carboxylic acids is 1. The minimum absolute atomic E-state index is 0.0665. The Morgan fingerprint density at radius 3 is 2.50 bits per heavy atom. The van der Waals surface area contributed by atoms with Gasteiger partial charge in [-0.05, 0) is 24.6 Å². The third-order valence-electron chi connectivity index (χ3n) is 2.14. The second kappa shape index (κ2) is 4.99. The van der Waals surface area contributed by atoms with Crippen molar-refractivity contribution in [3.63, 3.8) is 0 Å². The van der Waals surface area contributed by atoms with Crippen molar-refractivity contribution in [1.29, 1.82) is 0 Å². The van der Waals surface area contributed by atoms with E-state index in [4.69, 9.17) is 16.7 Å². The van der Waals surface area contributed by atoms with Gasteiger partial charge in [-0.25, -0.2) is 0 Å². The normalized spacial score (nSPS) is 10.1. The SMILES string of the molecule is Cc1cc(O)c(C(=O)CCC(=O)O)cc1Cl. The first-order valence-electron chi connectivity index (χ1n) is 4.66. The molecule has 0 bridgehead atoms. The number of Topliss-reactive ketones (excluding diaryl/α,β-unsaturated/α-hetero) is 1. The summed E-state index contributed by atoms with van der Waals surface area (Å²) in [4.78, 5) is 21.9. The molecule has 0 fully saturated rings. The second-order valence-electron chi connectivity index (χ2n) is 3.44. The van der Waals surface area contributed by atoms with Crippen molar-refractivity contribution in [2.24, 2.45) is 0 Å². The summed E-state index contributed by atoms with van der Waals surface area (Å²) in [6.07, 6.45) is -0.411. The van der Waals surface area contributed by atoms with Crippen molar-refractivity contribution < 1.29 is 19.8 Å². The molecule has 86 valence electrons. The molecule has 1 rings (SSSR count). The number of carboxylic acids is 1. The van der Waals surface area contributed by atoms with Crippen LogP contribution in [0.1, 0.15) is 28.8 Å². The number of phenolic OH excluding ortho intramolecular Hbond substituents is 1. The van der Waals surface area contributed by atoms with Crippen molar-refractivity contribution in [3.8, 4) is 5.75 Å². The van der Waals surface area contributed by atoms with Gasteiger partial charge in [-0.2, -0.15) is 0 Å². The lowest BCUT2D eigenvalue weighted by atomic mass is 10.0. The van der Waals surface area contributed by atoms with Crippen LogP contribution in [0.5, 0.6) is 5.75 Å². The van der Waals surface area contributed by atoms with Crippen molar-refractivity contribution in [2.75, 3.05) is 0 Å². The van der Waals surface area contributed by atoms with Crippen LogP contribution in [0.25, 0.3) is 0 Å². The van der Waals surface area contributed by atoms with Gasteiger partial charge in [-0.1, -0.05) is 11.6 Å². The molecule has 16 heavy (non-hydrogen) atoms. The number of carboxylic acid groups (broad SMARTS) is 1. The van der Waals surface area contributed by atoms with Crippen molar-refractivity contribution in [2.45, 2.75) is 19.8 Å². The summed E-state index contributed by atoms with van der Waals surface area (Å²) < 4.78 is 0. The molecule has 0 atom stereocenters. The molecule has 5 heteroatoms. The Kier molecular flexibility index (Phi) is 3.90. The number of aromatic hydroxyl groups is 1. The molecule has 1 aromatic carbocycles. The highest BCUT2D eigenvalue weighted by Crippen LogP contribution is 2.26. The van der Waals surface area contributed by atoms with Gasteiger partial charge >= 0.3 is 5.97 Å². The van der Waals surface area contributed by atoms with Crippen LogP contribution < -0.4 is 0 Å². The molecule has 0 spiro atoms. The number of benzene rings is 1. The molecular weight excluding hydrogens is 232 g/mol. The molecule has 0 heterocycles. The number of carbonyl (C=O) groups excluding carboxylic acids is 1. The maximum absolute atomic E-state index is 11.6. The molecule has 0 radical (unpaired) electrons. The number of hydrogen-bond acceptors (Lipinski definition) is 3. The van der Waals surface area contributed by atoms with E-state index < -0.39 is 11.8 Å². The summed E-state index contributed by atoms with van der Waals surface area (Å²) in [5.41, 5.74) is 0.728. The summed E-state index contributed by atoms with van der Waals surface area (Å²) in [6, 6.07) is 2.74. The highest BCUT2D eigenvalue weighted by Gasteiger charge is 2.14. The van der Waals surface area contributed by atoms with Crippen LogP contribution in [0.3, 0.4) is 0 Å². The van der Waals surface area contributed by atoms with Gasteiger partial charge in [0.05, 0.1) is 12.0 Å². The van der Waals surface area contributed by atoms with Crippen LogP contribution in [0, 0.1) is 6.92 Å². The lowest BCUT2D eigenvalue weighted by Crippen LogP contribution is -2.04. The monoisotopic (exact) mass is 242 g/mol. The molecule has 0 unspecified atom stereocenters. The average Bonchev–Trinajstić information content (AvgIpc) is 2.20. The molecule has 0 aliphatic rings. The van der Waals surface area contributed by atoms with Gasteiger partial charge < -0.3 is 10.2 Å². The molecule has 0 aromatic heterocycles. The number of carbonyl (C=O) groups is 2. The van der Waals surface area contributed by atoms with Gasteiger partial charge in [0.15, 0.2) is 5.78 Å². The summed E-state index contributed by atoms with van der Waals surface area (Å²) in [5, 5.41) is 18.3. The fourth-order valence-electron chi connectivity index (χ4n) is 1.24. The van der Waals surface area contributed by atoms with E-state index in [1.807, 2.05) is 0 Å². The molecule has 0 saturated heterocycles. The van der Waals surface area contributed by atoms with Crippen LogP contribution in [-0.4, -0.2) is 22.0 Å². The van der Waals surface area contributed by atoms with E-state index in [9.17, 15) is 14.7 Å². The summed E-state index contributed by atoms with van der Waals surface area (Å²) in [7, 11) is 0. The Morgan fingerprint density at radius 2 is 1.94 bits per heavy atom. The standard InChI is InChI=1S/C11H11ClO4/c1-6-4-10(14)7(5-8(6)12)9(13)2-3-11(15)16/h4-5,14H,2-3H2,1H3,(H,15,16). The van der Waals surface area contributed by atoms with E-state index >= 15 is 0 Å². The predicted octanol–water partition coefficient (Wildman–Crippen LogP) is 2.40. The summed E-state index contributed by atoms with van der Waals surface area (Å²) in [6.45, 7) is 1.70. The van der Waals surface area contributed by atoms with E-state index in [-0.39, 0.29) is 24.2 Å². The molecule has 1 aromatic rings. The van der Waals surface area contributed by atoms with Gasteiger partial charge in [0.25, 0.3) is 0 Å². The fourth-order valence-corrected chi connectivity index (χ4v) is 1.41. The number of phenols is 1. The topological polar surface area (TPSA) is 74.6 Å². The van der Waals surface area contributed by atoms with Gasteiger partial charge in [0, 0.05) is 11.4 Å². The predicted molar refractivity (Wildman–Crippen MR) is 59.1 cm³/mol. The van der Waals surface area contributed by atoms with E-state index in [2.05, 4.69) is 0 Å². The zero-order valence-electron chi connectivity index (χ0n) is 8.66. The van der Waals surface area contributed by atoms with Crippen LogP contribution >= 0.6 is 11.6 Å². The molecule has 0 aliphatic carbocycles. The van der Waals surface area contributed by atoms with Crippen LogP contribution in [0.4, 0.5) is 0 Å². The largest absolute Gasteiger partial charge is 0.507 e. The number of ketones is 1. The van der Waals surface area contributed by atoms with Crippen LogP contribution in [0.15, 0.2) is 12.1 Å². The quantitative estimate of drug-likeness (QED) is 0.795. The lowest BCUT2D eigenvalue weighted by molar-refractivity contribution is -0.136. The molecular formula is C11H11ClO4. The van der Waals surface area contributed by atoms with Crippen molar-refractivity contribution >= 4 is 23.4 Å². The Labute approximate surface area is 97.5 Å². The Morgan fingerprint density at radius 1 is 1.31 bits per heavy atom. The Bertz CT molecular complexity index is 440. The summed E-state index contributed by atoms with van der Waals surface area (Å²) in [5.74, 6) is -1.65. The van der Waals surface area contributed by atoms with Gasteiger partial charge in [-0.3, -0.25) is 9.59 Å². The van der Waals surface area contributed by atoms with Gasteiger partial charge in [-0.15, -0.1) is 0 Å². The molecule has 4 nitrogen and oxygen atoms in total. The third-order valence-corrected chi connectivity index (χ3v) is 2.55. The molecule has 2 N–H and O–H groups in total. The minimum atomic E-state index is -1.05. The highest BCUT2D eigenvalue weighted by atomic mass is 35.5. The maximum atomic E-state index is 11.6. The third kappa shape index (κ3) is 2.97. The van der Waals surface area contributed by atoms with Crippen molar-refractivity contribution in [3.05, 3.63) is 28.3 Å². The zero-order chi connectivity index (χ0) is 12.3. The fraction of sp³-hybridized carbons (Fsp3) is 0.273. The first-order chi connectivity index (χ1) is 7.41. The average molecular weight is 243 g/mol. The highest BCUT2D eigenvalue weighted by molar-refractivity contribution is 6.31. The van der Waals surface area contributed by atoms with Crippen LogP contribution in [-0.2, 0) is 4.79 Å². The Balaban J connectivity index is 2.91. The first-order valence-corrected chi connectivity index (χ1v) is 5.03. The molecule has 0 amide bonds. The van der Waals surface area contributed by atoms with Crippen LogP contribution in [0.2, 0.25) is 5.02 Å². The maximum Gasteiger partial charge on any atom is 0.303 e. The van der Waals surface area contributed by atoms with E-state index in [1.54, 1.807) is 6.92 Å². The van der Waals surface area contributed by atoms with E-state index in [1.165, 1.54) is 12.1 Å². The molecule has 0 saturated carbocycles. The number of rotatable bonds is 4. The van der Waals surface area contributed by atoms with E-state index in [0.717, 1.165) is 0 Å². The zero-order valence-corrected chi connectivity index (χ0v) is 9.41. The second-order valence-corrected chi connectivity index (χ2v) is 3.84. The first kappa shape index (κ1) is 12.5. The van der Waals surface area contributed by atoms with Crippen molar-refractivity contribution in [1.82, 2.24) is 0 Å². The number of halogens is 1. The smallest absolute Gasteiger partial charge is 0.303 e.